The van der Waals surface area contributed by atoms with Gasteiger partial charge in [-0.15, -0.1) is 0 Å². The van der Waals surface area contributed by atoms with Crippen molar-refractivity contribution in [2.24, 2.45) is 5.84 Å². The highest BCUT2D eigenvalue weighted by molar-refractivity contribution is 7.93. The summed E-state index contributed by atoms with van der Waals surface area (Å²) in [6.07, 6.45) is 2.59. The first-order valence-electron chi connectivity index (χ1n) is 4.22. The average molecular weight is 273 g/mol. The first kappa shape index (κ1) is 11.6. The molecule has 2 aromatic heterocycles. The minimum atomic E-state index is -3.81. The lowest BCUT2D eigenvalue weighted by Gasteiger charge is -2.08. The van der Waals surface area contributed by atoms with Crippen molar-refractivity contribution in [1.29, 1.82) is 0 Å². The predicted molar refractivity (Wildman–Crippen MR) is 60.6 cm³/mol. The lowest BCUT2D eigenvalue weighted by atomic mass is 10.4. The number of anilines is 2. The van der Waals surface area contributed by atoms with Crippen LogP contribution < -0.4 is 16.0 Å². The van der Waals surface area contributed by atoms with Crippen molar-refractivity contribution in [3.05, 3.63) is 18.5 Å². The summed E-state index contributed by atoms with van der Waals surface area (Å²) in [5.41, 5.74) is 2.50. The summed E-state index contributed by atoms with van der Waals surface area (Å²) in [4.78, 5) is 3.64. The van der Waals surface area contributed by atoms with Crippen molar-refractivity contribution >= 4 is 32.4 Å². The molecule has 0 spiro atoms. The third-order valence-corrected chi connectivity index (χ3v) is 3.76. The molecule has 0 amide bonds. The number of sulfonamides is 1. The van der Waals surface area contributed by atoms with Crippen LogP contribution in [0.3, 0.4) is 0 Å². The van der Waals surface area contributed by atoms with Gasteiger partial charge < -0.3 is 5.43 Å². The van der Waals surface area contributed by atoms with Crippen LogP contribution in [0.5, 0.6) is 0 Å². The zero-order valence-corrected chi connectivity index (χ0v) is 9.86. The molecule has 9 nitrogen and oxygen atoms in total. The van der Waals surface area contributed by atoms with Crippen molar-refractivity contribution in [3.8, 4) is 0 Å². The molecule has 0 saturated heterocycles. The van der Waals surface area contributed by atoms with Crippen LogP contribution in [0.15, 0.2) is 23.4 Å². The molecule has 0 aliphatic heterocycles. The zero-order chi connectivity index (χ0) is 12.3. The number of hydrazine groups is 1. The van der Waals surface area contributed by atoms with E-state index in [1.165, 1.54) is 18.5 Å². The molecule has 2 heterocycles. The van der Waals surface area contributed by atoms with E-state index in [4.69, 9.17) is 5.84 Å². The van der Waals surface area contributed by atoms with Crippen LogP contribution in [0.1, 0.15) is 0 Å². The fraction of sp³-hybridized carbons (Fsp3) is 0. The van der Waals surface area contributed by atoms with Gasteiger partial charge in [-0.3, -0.25) is 15.5 Å². The number of hydrogen-bond acceptors (Lipinski definition) is 9. The van der Waals surface area contributed by atoms with Crippen LogP contribution in [0.2, 0.25) is 0 Å². The van der Waals surface area contributed by atoms with Crippen molar-refractivity contribution in [3.63, 3.8) is 0 Å². The maximum atomic E-state index is 11.9. The minimum Gasteiger partial charge on any atom is -0.323 e. The van der Waals surface area contributed by atoms with Crippen LogP contribution >= 0.6 is 11.5 Å². The Morgan fingerprint density at radius 2 is 2.24 bits per heavy atom. The summed E-state index contributed by atoms with van der Waals surface area (Å²) in [5.74, 6) is 5.21. The minimum absolute atomic E-state index is 0.0665. The van der Waals surface area contributed by atoms with Gasteiger partial charge in [0.15, 0.2) is 0 Å². The second-order valence-corrected chi connectivity index (χ2v) is 5.17. The van der Waals surface area contributed by atoms with Crippen molar-refractivity contribution < 1.29 is 8.42 Å². The summed E-state index contributed by atoms with van der Waals surface area (Å²) in [5, 5.41) is 6.82. The third kappa shape index (κ3) is 2.46. The Bertz CT molecular complexity index is 597. The Balaban J connectivity index is 2.38. The molecule has 0 radical (unpaired) electrons. The molecular weight excluding hydrogens is 266 g/mol. The number of nitrogens with zero attached hydrogens (tertiary/aromatic N) is 4. The molecule has 0 saturated carbocycles. The Kier molecular flexibility index (Phi) is 3.12. The molecule has 90 valence electrons. The number of hydrogen-bond donors (Lipinski definition) is 3. The summed E-state index contributed by atoms with van der Waals surface area (Å²) < 4.78 is 29.5. The molecule has 2 rings (SSSR count). The van der Waals surface area contributed by atoms with E-state index in [9.17, 15) is 8.42 Å². The van der Waals surface area contributed by atoms with E-state index >= 15 is 0 Å². The number of nitrogens with one attached hydrogen (secondary N) is 2. The summed E-state index contributed by atoms with van der Waals surface area (Å²) in [7, 11) is -3.81. The van der Waals surface area contributed by atoms with E-state index < -0.39 is 10.0 Å². The molecule has 0 atom stereocenters. The van der Waals surface area contributed by atoms with E-state index in [1.54, 1.807) is 0 Å². The van der Waals surface area contributed by atoms with E-state index in [-0.39, 0.29) is 15.7 Å². The lowest BCUT2D eigenvalue weighted by Crippen LogP contribution is -2.17. The van der Waals surface area contributed by atoms with Crippen molar-refractivity contribution in [2.75, 3.05) is 10.1 Å². The smallest absolute Gasteiger partial charge is 0.267 e. The molecule has 0 bridgehead atoms. The summed E-state index contributed by atoms with van der Waals surface area (Å²) in [6, 6.07) is 1.44. The van der Waals surface area contributed by atoms with E-state index in [1.807, 2.05) is 0 Å². The van der Waals surface area contributed by atoms with Gasteiger partial charge in [0.1, 0.15) is 4.90 Å². The SMILES string of the molecule is NNc1ccncc1S(=O)(=O)Nc1nnns1. The number of pyridine rings is 1. The third-order valence-electron chi connectivity index (χ3n) is 1.75. The lowest BCUT2D eigenvalue weighted by molar-refractivity contribution is 0.601. The van der Waals surface area contributed by atoms with Gasteiger partial charge in [-0.2, -0.15) is 0 Å². The maximum Gasteiger partial charge on any atom is 0.267 e. The number of nitrogens with two attached hydrogens (primary N) is 1. The number of rotatable bonds is 4. The van der Waals surface area contributed by atoms with Gasteiger partial charge in [-0.1, -0.05) is 9.59 Å². The molecule has 17 heavy (non-hydrogen) atoms. The second-order valence-electron chi connectivity index (χ2n) is 2.79. The summed E-state index contributed by atoms with van der Waals surface area (Å²) in [6.45, 7) is 0. The molecule has 4 N–H and O–H groups in total. The Morgan fingerprint density at radius 1 is 1.41 bits per heavy atom. The van der Waals surface area contributed by atoms with Crippen LogP contribution in [0.4, 0.5) is 10.8 Å². The number of nitrogen functional groups attached to an aromatic ring is 1. The fourth-order valence-electron chi connectivity index (χ4n) is 1.06. The quantitative estimate of drug-likeness (QED) is 0.497. The molecule has 0 aliphatic carbocycles. The molecule has 0 aliphatic rings. The highest BCUT2D eigenvalue weighted by Crippen LogP contribution is 2.21. The van der Waals surface area contributed by atoms with Gasteiger partial charge in [0.2, 0.25) is 5.13 Å². The van der Waals surface area contributed by atoms with E-state index in [0.717, 1.165) is 11.5 Å². The maximum absolute atomic E-state index is 11.9. The van der Waals surface area contributed by atoms with E-state index in [2.05, 4.69) is 29.9 Å². The summed E-state index contributed by atoms with van der Waals surface area (Å²) >= 11 is 0.823. The van der Waals surface area contributed by atoms with Gasteiger partial charge in [-0.05, 0) is 11.3 Å². The molecule has 0 unspecified atom stereocenters. The first-order chi connectivity index (χ1) is 8.13. The molecule has 2 aromatic rings. The zero-order valence-electron chi connectivity index (χ0n) is 8.23. The standard InChI is InChI=1S/C6H7N7O2S2/c7-9-4-1-2-8-3-5(4)17(14,15)11-6-10-12-13-16-6/h1-3H,7H2,(H,8,9)(H,10,11,13). The predicted octanol–water partition coefficient (Wildman–Crippen LogP) is -0.586. The highest BCUT2D eigenvalue weighted by atomic mass is 32.2. The topological polar surface area (TPSA) is 136 Å². The van der Waals surface area contributed by atoms with Gasteiger partial charge in [0.25, 0.3) is 10.0 Å². The molecular formula is C6H7N7O2S2. The van der Waals surface area contributed by atoms with Crippen LogP contribution in [0.25, 0.3) is 0 Å². The average Bonchev–Trinajstić information content (AvgIpc) is 2.81. The molecule has 11 heteroatoms. The van der Waals surface area contributed by atoms with Crippen LogP contribution in [-0.2, 0) is 10.0 Å². The molecule has 0 fully saturated rings. The Morgan fingerprint density at radius 3 is 2.88 bits per heavy atom. The van der Waals surface area contributed by atoms with Gasteiger partial charge in [-0.25, -0.2) is 8.42 Å². The van der Waals surface area contributed by atoms with Crippen molar-refractivity contribution in [1.82, 2.24) is 19.8 Å². The van der Waals surface area contributed by atoms with Gasteiger partial charge >= 0.3 is 0 Å². The first-order valence-corrected chi connectivity index (χ1v) is 6.47. The fourth-order valence-corrected chi connectivity index (χ4v) is 2.75. The van der Waals surface area contributed by atoms with Crippen LogP contribution in [-0.4, -0.2) is 28.2 Å². The number of aromatic nitrogens is 4. The Labute approximate surface area is 100 Å². The van der Waals surface area contributed by atoms with E-state index in [0.29, 0.717) is 0 Å². The molecule has 0 aromatic carbocycles. The largest absolute Gasteiger partial charge is 0.323 e. The monoisotopic (exact) mass is 273 g/mol. The highest BCUT2D eigenvalue weighted by Gasteiger charge is 2.20. The Hall–Kier alpha value is -1.85. The van der Waals surface area contributed by atoms with Gasteiger partial charge in [0.05, 0.1) is 5.69 Å². The van der Waals surface area contributed by atoms with Crippen molar-refractivity contribution in [2.45, 2.75) is 4.90 Å². The van der Waals surface area contributed by atoms with Crippen LogP contribution in [0, 0.1) is 0 Å². The van der Waals surface area contributed by atoms with Gasteiger partial charge in [0, 0.05) is 23.9 Å². The second kappa shape index (κ2) is 4.57. The normalized spacial score (nSPS) is 11.1.